The summed E-state index contributed by atoms with van der Waals surface area (Å²) in [6.45, 7) is 1.52. The van der Waals surface area contributed by atoms with Crippen LogP contribution in [0.15, 0.2) is 54.1 Å². The molecule has 4 rings (SSSR count). The zero-order valence-corrected chi connectivity index (χ0v) is 13.1. The van der Waals surface area contributed by atoms with Gasteiger partial charge >= 0.3 is 0 Å². The fourth-order valence-corrected chi connectivity index (χ4v) is 3.17. The minimum atomic E-state index is -1.04. The molecule has 0 spiro atoms. The van der Waals surface area contributed by atoms with Gasteiger partial charge < -0.3 is 10.1 Å². The molecule has 0 radical (unpaired) electrons. The Bertz CT molecular complexity index is 1040. The van der Waals surface area contributed by atoms with E-state index in [4.69, 9.17) is 0 Å². The molecule has 2 N–H and O–H groups in total. The van der Waals surface area contributed by atoms with Gasteiger partial charge in [0.2, 0.25) is 0 Å². The van der Waals surface area contributed by atoms with Crippen molar-refractivity contribution in [3.63, 3.8) is 0 Å². The molecule has 5 nitrogen and oxygen atoms in total. The second-order valence-electron chi connectivity index (χ2n) is 5.86. The molecule has 0 fully saturated rings. The number of imidazole rings is 1. The van der Waals surface area contributed by atoms with Gasteiger partial charge in [-0.2, -0.15) is 0 Å². The maximum Gasteiger partial charge on any atom is 0.293 e. The van der Waals surface area contributed by atoms with Gasteiger partial charge in [-0.1, -0.05) is 12.1 Å². The number of aliphatic hydroxyl groups excluding tert-OH is 1. The van der Waals surface area contributed by atoms with Crippen LogP contribution in [-0.4, -0.2) is 21.0 Å². The average Bonchev–Trinajstić information content (AvgIpc) is 3.15. The molecule has 0 aliphatic carbocycles. The number of nitrogens with zero attached hydrogens (tertiary/aromatic N) is 2. The first-order valence-corrected chi connectivity index (χ1v) is 7.59. The summed E-state index contributed by atoms with van der Waals surface area (Å²) < 4.78 is 28.0. The van der Waals surface area contributed by atoms with Crippen LogP contribution in [-0.2, 0) is 4.79 Å². The van der Waals surface area contributed by atoms with Crippen molar-refractivity contribution in [1.82, 2.24) is 9.97 Å². The summed E-state index contributed by atoms with van der Waals surface area (Å²) in [5.74, 6) is -3.17. The van der Waals surface area contributed by atoms with Crippen LogP contribution in [0.5, 0.6) is 0 Å². The largest absolute Gasteiger partial charge is 0.503 e. The van der Waals surface area contributed by atoms with Gasteiger partial charge in [0, 0.05) is 16.8 Å². The van der Waals surface area contributed by atoms with E-state index in [0.29, 0.717) is 16.7 Å². The van der Waals surface area contributed by atoms with Gasteiger partial charge in [0.15, 0.2) is 17.4 Å². The minimum Gasteiger partial charge on any atom is -0.503 e. The van der Waals surface area contributed by atoms with E-state index < -0.39 is 29.3 Å². The van der Waals surface area contributed by atoms with Crippen molar-refractivity contribution in [3.05, 3.63) is 71.3 Å². The van der Waals surface area contributed by atoms with Crippen molar-refractivity contribution in [3.8, 4) is 0 Å². The van der Waals surface area contributed by atoms with Gasteiger partial charge in [-0.15, -0.1) is 0 Å². The maximum absolute atomic E-state index is 14.3. The van der Waals surface area contributed by atoms with Crippen LogP contribution in [0.4, 0.5) is 14.5 Å². The summed E-state index contributed by atoms with van der Waals surface area (Å²) in [5.41, 5.74) is 2.09. The molecule has 1 aromatic heterocycles. The third-order valence-corrected chi connectivity index (χ3v) is 4.42. The first kappa shape index (κ1) is 15.3. The van der Waals surface area contributed by atoms with E-state index >= 15 is 0 Å². The molecule has 7 heteroatoms. The number of fused-ring (bicyclic) bond motifs is 1. The fourth-order valence-electron chi connectivity index (χ4n) is 3.17. The number of nitrogens with one attached hydrogen (secondary N) is 1. The third kappa shape index (κ3) is 2.20. The first-order chi connectivity index (χ1) is 12.0. The van der Waals surface area contributed by atoms with Crippen LogP contribution >= 0.6 is 0 Å². The molecule has 1 atom stereocenters. The molecular formula is C18H13F2N3O2. The molecule has 126 valence electrons. The highest BCUT2D eigenvalue weighted by atomic mass is 19.2. The highest BCUT2D eigenvalue weighted by molar-refractivity contribution is 6.09. The lowest BCUT2D eigenvalue weighted by molar-refractivity contribution is -0.117. The quantitative estimate of drug-likeness (QED) is 0.744. The average molecular weight is 343 g/mol. The number of hydrogen-bond donors (Lipinski definition) is 2. The first-order valence-electron chi connectivity index (χ1n) is 7.59. The van der Waals surface area contributed by atoms with Gasteiger partial charge in [0.25, 0.3) is 5.91 Å². The number of amides is 1. The number of aromatic nitrogens is 2. The molecule has 2 heterocycles. The predicted molar refractivity (Wildman–Crippen MR) is 88.0 cm³/mol. The second kappa shape index (κ2) is 5.41. The van der Waals surface area contributed by atoms with Crippen LogP contribution < -0.4 is 4.90 Å². The summed E-state index contributed by atoms with van der Waals surface area (Å²) in [7, 11) is 0. The monoisotopic (exact) mass is 343 g/mol. The Balaban J connectivity index is 1.90. The Morgan fingerprint density at radius 2 is 2.08 bits per heavy atom. The molecule has 1 amide bonds. The minimum absolute atomic E-state index is 0.0143. The number of H-pyrrole nitrogens is 1. The zero-order chi connectivity index (χ0) is 17.7. The number of aromatic amines is 1. The van der Waals surface area contributed by atoms with E-state index in [1.165, 1.54) is 30.3 Å². The van der Waals surface area contributed by atoms with Gasteiger partial charge in [-0.3, -0.25) is 9.69 Å². The van der Waals surface area contributed by atoms with Crippen LogP contribution in [0.3, 0.4) is 0 Å². The lowest BCUT2D eigenvalue weighted by atomic mass is 9.99. The number of carbonyl (C=O) groups excluding carboxylic acids is 1. The van der Waals surface area contributed by atoms with Gasteiger partial charge in [0.1, 0.15) is 0 Å². The van der Waals surface area contributed by atoms with Crippen LogP contribution in [0.25, 0.3) is 11.0 Å². The summed E-state index contributed by atoms with van der Waals surface area (Å²) in [5, 5.41) is 10.1. The van der Waals surface area contributed by atoms with Gasteiger partial charge in [0.05, 0.1) is 23.4 Å². The predicted octanol–water partition coefficient (Wildman–Crippen LogP) is 3.76. The highest BCUT2D eigenvalue weighted by Gasteiger charge is 2.40. The number of hydrogen-bond acceptors (Lipinski definition) is 3. The number of halogens is 2. The maximum atomic E-state index is 14.3. The summed E-state index contributed by atoms with van der Waals surface area (Å²) in [4.78, 5) is 20.8. The van der Waals surface area contributed by atoms with Crippen LogP contribution in [0, 0.1) is 11.6 Å². The molecule has 2 aromatic carbocycles. The molecule has 0 bridgehead atoms. The van der Waals surface area contributed by atoms with Crippen molar-refractivity contribution >= 4 is 22.6 Å². The molecular weight excluding hydrogens is 330 g/mol. The molecule has 0 saturated carbocycles. The number of carbonyl (C=O) groups is 1. The van der Waals surface area contributed by atoms with Crippen LogP contribution in [0.1, 0.15) is 18.5 Å². The lowest BCUT2D eigenvalue weighted by Crippen LogP contribution is -2.30. The van der Waals surface area contributed by atoms with Crippen LogP contribution in [0.2, 0.25) is 0 Å². The Hall–Kier alpha value is -3.22. The number of rotatable bonds is 2. The topological polar surface area (TPSA) is 69.2 Å². The molecule has 3 aromatic rings. The van der Waals surface area contributed by atoms with Crippen molar-refractivity contribution in [2.24, 2.45) is 0 Å². The standard InChI is InChI=1S/C18H13F2N3O2/c1-9-16(11-3-2-4-12(19)15(11)20)23(18(25)17(9)24)10-5-6-13-14(7-10)22-8-21-13/h2-8,16,24H,1H3,(H,21,22)/i8+2. The smallest absolute Gasteiger partial charge is 0.293 e. The Morgan fingerprint density at radius 3 is 2.88 bits per heavy atom. The van der Waals surface area contributed by atoms with Gasteiger partial charge in [-0.05, 0) is 31.2 Å². The van der Waals surface area contributed by atoms with E-state index in [9.17, 15) is 18.7 Å². The second-order valence-corrected chi connectivity index (χ2v) is 5.86. The van der Waals surface area contributed by atoms with Gasteiger partial charge in [-0.25, -0.2) is 13.8 Å². The molecule has 25 heavy (non-hydrogen) atoms. The Morgan fingerprint density at radius 1 is 1.28 bits per heavy atom. The van der Waals surface area contributed by atoms with E-state index in [0.717, 1.165) is 6.07 Å². The number of benzene rings is 2. The summed E-state index contributed by atoms with van der Waals surface area (Å²) in [6, 6.07) is 7.89. The summed E-state index contributed by atoms with van der Waals surface area (Å²) >= 11 is 0. The number of anilines is 1. The fraction of sp³-hybridized carbons (Fsp3) is 0.111. The number of aliphatic hydroxyl groups is 1. The van der Waals surface area contributed by atoms with E-state index in [-0.39, 0.29) is 11.1 Å². The summed E-state index contributed by atoms with van der Waals surface area (Å²) in [6.07, 6.45) is 1.52. The normalized spacial score (nSPS) is 17.8. The van der Waals surface area contributed by atoms with Crippen molar-refractivity contribution in [2.45, 2.75) is 13.0 Å². The highest BCUT2D eigenvalue weighted by Crippen LogP contribution is 2.41. The third-order valence-electron chi connectivity index (χ3n) is 4.42. The molecule has 1 aliphatic heterocycles. The Labute approximate surface area is 141 Å². The van der Waals surface area contributed by atoms with Crippen molar-refractivity contribution in [1.29, 1.82) is 0 Å². The molecule has 1 aliphatic rings. The van der Waals surface area contributed by atoms with E-state index in [1.54, 1.807) is 18.2 Å². The van der Waals surface area contributed by atoms with Crippen molar-refractivity contribution < 1.29 is 18.7 Å². The zero-order valence-electron chi connectivity index (χ0n) is 13.1. The molecule has 1 unspecified atom stereocenters. The Kier molecular flexibility index (Phi) is 3.31. The van der Waals surface area contributed by atoms with E-state index in [2.05, 4.69) is 9.97 Å². The van der Waals surface area contributed by atoms with Crippen molar-refractivity contribution in [2.75, 3.05) is 4.90 Å². The molecule has 0 saturated heterocycles. The lowest BCUT2D eigenvalue weighted by Gasteiger charge is -2.26. The SMILES string of the molecule is CC1=C(O)C(=O)N(c2ccc3n[14cH][nH]c3c2)C1c1cccc(F)c1F. The van der Waals surface area contributed by atoms with E-state index in [1.807, 2.05) is 0 Å².